The lowest BCUT2D eigenvalue weighted by molar-refractivity contribution is -0.132. The average Bonchev–Trinajstić information content (AvgIpc) is 3.26. The summed E-state index contributed by atoms with van der Waals surface area (Å²) in [6.07, 6.45) is 0. The zero-order chi connectivity index (χ0) is 22.1. The van der Waals surface area contributed by atoms with E-state index in [1.165, 1.54) is 4.90 Å². The summed E-state index contributed by atoms with van der Waals surface area (Å²) in [4.78, 5) is 43.9. The molecule has 4 atom stereocenters. The summed E-state index contributed by atoms with van der Waals surface area (Å²) in [5.41, 5.74) is 1.46. The van der Waals surface area contributed by atoms with Crippen LogP contribution in [0.4, 0.5) is 11.4 Å². The Morgan fingerprint density at radius 1 is 1.13 bits per heavy atom. The van der Waals surface area contributed by atoms with Crippen LogP contribution < -0.4 is 15.1 Å². The summed E-state index contributed by atoms with van der Waals surface area (Å²) in [6, 6.07) is 13.8. The molecule has 2 saturated heterocycles. The van der Waals surface area contributed by atoms with Gasteiger partial charge in [0, 0.05) is 28.9 Å². The van der Waals surface area contributed by atoms with Crippen molar-refractivity contribution in [3.05, 3.63) is 71.3 Å². The maximum atomic E-state index is 13.9. The minimum atomic E-state index is -1.28. The van der Waals surface area contributed by atoms with E-state index in [4.69, 9.17) is 11.6 Å². The van der Waals surface area contributed by atoms with Gasteiger partial charge in [0.1, 0.15) is 5.54 Å². The third-order valence-electron chi connectivity index (χ3n) is 6.51. The molecule has 31 heavy (non-hydrogen) atoms. The Kier molecular flexibility index (Phi) is 4.36. The molecule has 1 N–H and O–H groups in total. The van der Waals surface area contributed by atoms with E-state index in [9.17, 15) is 14.4 Å². The van der Waals surface area contributed by atoms with Crippen molar-refractivity contribution in [3.63, 3.8) is 0 Å². The molecule has 0 radical (unpaired) electrons. The summed E-state index contributed by atoms with van der Waals surface area (Å²) in [6.45, 7) is 8.02. The highest BCUT2D eigenvalue weighted by atomic mass is 35.5. The predicted molar refractivity (Wildman–Crippen MR) is 119 cm³/mol. The van der Waals surface area contributed by atoms with Crippen molar-refractivity contribution < 1.29 is 14.4 Å². The number of fused-ring (bicyclic) bond motifs is 4. The van der Waals surface area contributed by atoms with E-state index in [0.29, 0.717) is 17.3 Å². The number of para-hydroxylation sites is 1. The number of nitrogens with one attached hydrogen (secondary N) is 1. The molecule has 5 rings (SSSR count). The SMILES string of the molecule is C=C(C)CN1C(=O)C2(NC(C)C3C(=O)N(c4cccc(Cl)c4)C(=O)C32)c2ccccc21. The van der Waals surface area contributed by atoms with Gasteiger partial charge in [-0.1, -0.05) is 48.0 Å². The van der Waals surface area contributed by atoms with Crippen LogP contribution in [-0.4, -0.2) is 30.3 Å². The zero-order valence-electron chi connectivity index (χ0n) is 17.3. The Morgan fingerprint density at radius 3 is 2.58 bits per heavy atom. The number of imide groups is 1. The van der Waals surface area contributed by atoms with Crippen LogP contribution in [-0.2, 0) is 19.9 Å². The van der Waals surface area contributed by atoms with Crippen LogP contribution >= 0.6 is 11.6 Å². The summed E-state index contributed by atoms with van der Waals surface area (Å²) in [7, 11) is 0. The quantitative estimate of drug-likeness (QED) is 0.593. The lowest BCUT2D eigenvalue weighted by Crippen LogP contribution is -2.55. The maximum absolute atomic E-state index is 13.9. The first kappa shape index (κ1) is 20.0. The van der Waals surface area contributed by atoms with Gasteiger partial charge in [0.2, 0.25) is 11.8 Å². The monoisotopic (exact) mass is 435 g/mol. The van der Waals surface area contributed by atoms with E-state index in [2.05, 4.69) is 11.9 Å². The van der Waals surface area contributed by atoms with Crippen LogP contribution in [0.3, 0.4) is 0 Å². The number of hydrogen-bond acceptors (Lipinski definition) is 4. The van der Waals surface area contributed by atoms with E-state index in [1.54, 1.807) is 29.2 Å². The second-order valence-electron chi connectivity index (χ2n) is 8.60. The van der Waals surface area contributed by atoms with Gasteiger partial charge in [0.25, 0.3) is 5.91 Å². The van der Waals surface area contributed by atoms with Crippen molar-refractivity contribution in [2.45, 2.75) is 25.4 Å². The molecule has 0 aliphatic carbocycles. The fraction of sp³-hybridized carbons (Fsp3) is 0.292. The highest BCUT2D eigenvalue weighted by Gasteiger charge is 2.71. The number of benzene rings is 2. The maximum Gasteiger partial charge on any atom is 0.253 e. The molecule has 0 saturated carbocycles. The van der Waals surface area contributed by atoms with Crippen LogP contribution in [0.15, 0.2) is 60.7 Å². The summed E-state index contributed by atoms with van der Waals surface area (Å²) < 4.78 is 0. The van der Waals surface area contributed by atoms with Crippen LogP contribution in [0.5, 0.6) is 0 Å². The Bertz CT molecular complexity index is 1160. The third kappa shape index (κ3) is 2.58. The summed E-state index contributed by atoms with van der Waals surface area (Å²) in [5.74, 6) is -2.39. The molecule has 3 aliphatic heterocycles. The summed E-state index contributed by atoms with van der Waals surface area (Å²) >= 11 is 6.12. The largest absolute Gasteiger partial charge is 0.306 e. The van der Waals surface area contributed by atoms with Crippen molar-refractivity contribution in [1.82, 2.24) is 5.32 Å². The van der Waals surface area contributed by atoms with Gasteiger partial charge in [-0.3, -0.25) is 19.7 Å². The van der Waals surface area contributed by atoms with Gasteiger partial charge >= 0.3 is 0 Å². The van der Waals surface area contributed by atoms with Gasteiger partial charge in [-0.05, 0) is 38.1 Å². The van der Waals surface area contributed by atoms with Crippen molar-refractivity contribution >= 4 is 40.7 Å². The van der Waals surface area contributed by atoms with E-state index in [0.717, 1.165) is 16.8 Å². The predicted octanol–water partition coefficient (Wildman–Crippen LogP) is 3.26. The third-order valence-corrected chi connectivity index (χ3v) is 6.74. The van der Waals surface area contributed by atoms with Gasteiger partial charge in [-0.25, -0.2) is 4.90 Å². The van der Waals surface area contributed by atoms with Crippen molar-refractivity contribution in [3.8, 4) is 0 Å². The van der Waals surface area contributed by atoms with Crippen molar-refractivity contribution in [2.24, 2.45) is 11.8 Å². The van der Waals surface area contributed by atoms with Crippen molar-refractivity contribution in [2.75, 3.05) is 16.3 Å². The van der Waals surface area contributed by atoms with Crippen molar-refractivity contribution in [1.29, 1.82) is 0 Å². The molecule has 3 amide bonds. The van der Waals surface area contributed by atoms with E-state index in [1.807, 2.05) is 38.1 Å². The molecular weight excluding hydrogens is 414 g/mol. The van der Waals surface area contributed by atoms with Gasteiger partial charge in [0.05, 0.1) is 17.5 Å². The van der Waals surface area contributed by atoms with Crippen LogP contribution in [0.2, 0.25) is 5.02 Å². The van der Waals surface area contributed by atoms with Gasteiger partial charge in [0.15, 0.2) is 0 Å². The van der Waals surface area contributed by atoms with Crippen LogP contribution in [0, 0.1) is 11.8 Å². The fourth-order valence-corrected chi connectivity index (χ4v) is 5.59. The highest BCUT2D eigenvalue weighted by Crippen LogP contribution is 2.55. The number of halogens is 1. The first-order valence-corrected chi connectivity index (χ1v) is 10.6. The molecule has 7 heteroatoms. The highest BCUT2D eigenvalue weighted by molar-refractivity contribution is 6.31. The number of amides is 3. The molecule has 2 fully saturated rings. The van der Waals surface area contributed by atoms with Crippen LogP contribution in [0.1, 0.15) is 19.4 Å². The molecule has 0 bridgehead atoms. The number of nitrogens with zero attached hydrogens (tertiary/aromatic N) is 2. The lowest BCUT2D eigenvalue weighted by Gasteiger charge is -2.30. The molecule has 0 aromatic heterocycles. The zero-order valence-corrected chi connectivity index (χ0v) is 18.0. The Morgan fingerprint density at radius 2 is 1.87 bits per heavy atom. The van der Waals surface area contributed by atoms with Gasteiger partial charge in [-0.2, -0.15) is 0 Å². The number of carbonyl (C=O) groups excluding carboxylic acids is 3. The van der Waals surface area contributed by atoms with E-state index >= 15 is 0 Å². The number of carbonyl (C=O) groups is 3. The first-order valence-electron chi connectivity index (χ1n) is 10.2. The number of rotatable bonds is 3. The number of hydrogen-bond donors (Lipinski definition) is 1. The molecule has 4 unspecified atom stereocenters. The van der Waals surface area contributed by atoms with E-state index in [-0.39, 0.29) is 23.8 Å². The second kappa shape index (κ2) is 6.77. The minimum absolute atomic E-state index is 0.217. The normalized spacial score (nSPS) is 29.1. The summed E-state index contributed by atoms with van der Waals surface area (Å²) in [5, 5.41) is 3.81. The topological polar surface area (TPSA) is 69.7 Å². The van der Waals surface area contributed by atoms with Crippen LogP contribution in [0.25, 0.3) is 0 Å². The molecule has 1 spiro atoms. The standard InChI is InChI=1S/C24H22ClN3O3/c1-13(2)12-27-18-10-5-4-9-17(18)24(23(27)31)20-19(14(3)26-24)21(29)28(22(20)30)16-8-6-7-15(25)11-16/h4-11,14,19-20,26H,1,12H2,2-3H3. The Hall–Kier alpha value is -2.96. The van der Waals surface area contributed by atoms with E-state index < -0.39 is 17.4 Å². The Balaban J connectivity index is 1.67. The molecule has 6 nitrogen and oxygen atoms in total. The molecular formula is C24H22ClN3O3. The molecule has 3 aliphatic rings. The average molecular weight is 436 g/mol. The fourth-order valence-electron chi connectivity index (χ4n) is 5.41. The lowest BCUT2D eigenvalue weighted by atomic mass is 9.76. The second-order valence-corrected chi connectivity index (χ2v) is 9.04. The van der Waals surface area contributed by atoms with Gasteiger partial charge < -0.3 is 4.90 Å². The molecule has 3 heterocycles. The minimum Gasteiger partial charge on any atom is -0.306 e. The number of anilines is 2. The Labute approximate surface area is 185 Å². The molecule has 158 valence electrons. The smallest absolute Gasteiger partial charge is 0.253 e. The molecule has 2 aromatic carbocycles. The first-order chi connectivity index (χ1) is 14.8. The molecule has 2 aromatic rings. The van der Waals surface area contributed by atoms with Gasteiger partial charge in [-0.15, -0.1) is 0 Å².